The summed E-state index contributed by atoms with van der Waals surface area (Å²) in [5.41, 5.74) is 13.6. The van der Waals surface area contributed by atoms with Crippen LogP contribution in [-0.2, 0) is 5.41 Å². The minimum atomic E-state index is 0.0245. The van der Waals surface area contributed by atoms with E-state index >= 15 is 0 Å². The molecule has 0 amide bonds. The minimum Gasteiger partial charge on any atom is -0.256 e. The Bertz CT molecular complexity index is 2420. The highest BCUT2D eigenvalue weighted by Gasteiger charge is 2.25. The molecule has 46 heavy (non-hydrogen) atoms. The first-order chi connectivity index (χ1) is 22.4. The van der Waals surface area contributed by atoms with Crippen molar-refractivity contribution >= 4 is 32.3 Å². The Balaban J connectivity index is 1.42. The van der Waals surface area contributed by atoms with Gasteiger partial charge in [0.05, 0.1) is 5.69 Å². The average Bonchev–Trinajstić information content (AvgIpc) is 3.42. The van der Waals surface area contributed by atoms with Crippen molar-refractivity contribution in [3.05, 3.63) is 151 Å². The lowest BCUT2D eigenvalue weighted by Gasteiger charge is -2.22. The van der Waals surface area contributed by atoms with Gasteiger partial charge in [-0.05, 0) is 125 Å². The van der Waals surface area contributed by atoms with Gasteiger partial charge in [0.15, 0.2) is 0 Å². The lowest BCUT2D eigenvalue weighted by molar-refractivity contribution is 0.591. The molecule has 8 aromatic rings. The number of nitrogens with zero attached hydrogens (tertiary/aromatic N) is 1. The summed E-state index contributed by atoms with van der Waals surface area (Å²) in [6, 6.07) is 51.6. The minimum absolute atomic E-state index is 0.0245. The quantitative estimate of drug-likeness (QED) is 0.187. The third-order valence-electron chi connectivity index (χ3n) is 9.77. The van der Waals surface area contributed by atoms with Gasteiger partial charge in [-0.1, -0.05) is 118 Å². The highest BCUT2D eigenvalue weighted by atomic mass is 14.7. The zero-order valence-corrected chi connectivity index (χ0v) is 26.3. The van der Waals surface area contributed by atoms with Crippen molar-refractivity contribution in [1.29, 1.82) is 0 Å². The van der Waals surface area contributed by atoms with Crippen molar-refractivity contribution in [1.82, 2.24) is 4.98 Å². The van der Waals surface area contributed by atoms with Gasteiger partial charge in [-0.15, -0.1) is 0 Å². The van der Waals surface area contributed by atoms with Crippen LogP contribution >= 0.6 is 0 Å². The molecule has 0 bridgehead atoms. The molecule has 1 heterocycles. The second kappa shape index (κ2) is 9.99. The van der Waals surface area contributed by atoms with Gasteiger partial charge < -0.3 is 0 Å². The van der Waals surface area contributed by atoms with E-state index in [-0.39, 0.29) is 5.41 Å². The maximum absolute atomic E-state index is 4.87. The number of pyridine rings is 1. The fourth-order valence-electron chi connectivity index (χ4n) is 7.44. The summed E-state index contributed by atoms with van der Waals surface area (Å²) >= 11 is 0. The van der Waals surface area contributed by atoms with Crippen molar-refractivity contribution in [3.8, 4) is 55.8 Å². The van der Waals surface area contributed by atoms with E-state index in [2.05, 4.69) is 160 Å². The van der Waals surface area contributed by atoms with Crippen molar-refractivity contribution in [2.75, 3.05) is 0 Å². The average molecular weight is 588 g/mol. The van der Waals surface area contributed by atoms with Gasteiger partial charge in [0.2, 0.25) is 0 Å². The van der Waals surface area contributed by atoms with Crippen LogP contribution in [0, 0.1) is 0 Å². The summed E-state index contributed by atoms with van der Waals surface area (Å²) in [6.07, 6.45) is 1.92. The van der Waals surface area contributed by atoms with Crippen LogP contribution in [0.4, 0.5) is 0 Å². The van der Waals surface area contributed by atoms with Gasteiger partial charge in [0, 0.05) is 17.3 Å². The van der Waals surface area contributed by atoms with Crippen LogP contribution in [0.1, 0.15) is 26.3 Å². The van der Waals surface area contributed by atoms with Gasteiger partial charge >= 0.3 is 0 Å². The molecule has 0 unspecified atom stereocenters. The number of benzene rings is 7. The molecular formula is C45H33N. The molecule has 0 saturated heterocycles. The topological polar surface area (TPSA) is 12.9 Å². The van der Waals surface area contributed by atoms with E-state index in [1.807, 2.05) is 6.20 Å². The fraction of sp³-hybridized carbons (Fsp3) is 0.0889. The van der Waals surface area contributed by atoms with E-state index in [4.69, 9.17) is 4.98 Å². The monoisotopic (exact) mass is 587 g/mol. The van der Waals surface area contributed by atoms with Crippen LogP contribution in [0.5, 0.6) is 0 Å². The summed E-state index contributed by atoms with van der Waals surface area (Å²) in [5, 5.41) is 7.72. The van der Waals surface area contributed by atoms with E-state index in [1.165, 1.54) is 88.0 Å². The maximum Gasteiger partial charge on any atom is 0.0787 e. The van der Waals surface area contributed by atoms with Crippen LogP contribution in [0.25, 0.3) is 88.1 Å². The highest BCUT2D eigenvalue weighted by molar-refractivity contribution is 6.28. The molecule has 0 saturated carbocycles. The van der Waals surface area contributed by atoms with E-state index in [1.54, 1.807) is 0 Å². The molecule has 0 radical (unpaired) electrons. The fourth-order valence-corrected chi connectivity index (χ4v) is 7.44. The smallest absolute Gasteiger partial charge is 0.0787 e. The second-order valence-electron chi connectivity index (χ2n) is 13.6. The lowest BCUT2D eigenvalue weighted by atomic mass is 9.82. The van der Waals surface area contributed by atoms with Crippen LogP contribution in [-0.4, -0.2) is 4.98 Å². The van der Waals surface area contributed by atoms with Gasteiger partial charge in [-0.2, -0.15) is 0 Å². The third kappa shape index (κ3) is 4.12. The Kier molecular flexibility index (Phi) is 5.83. The molecule has 1 nitrogen and oxygen atoms in total. The van der Waals surface area contributed by atoms with E-state index in [0.29, 0.717) is 0 Å². The first-order valence-corrected chi connectivity index (χ1v) is 16.1. The molecule has 1 aliphatic carbocycles. The standard InChI is InChI=1S/C45H33N/c1-45(2,3)33-19-20-34-39(25-33)38(32-23-30(28-12-6-4-7-13-28)22-31(24-32)29-14-8-5-9-15-29)26-41-36-17-10-16-35-37-18-11-21-46-44(37)42(43(35)36)27-40(34)41/h4-27H,1-3H3. The molecule has 218 valence electrons. The zero-order valence-electron chi connectivity index (χ0n) is 26.3. The molecular weight excluding hydrogens is 555 g/mol. The summed E-state index contributed by atoms with van der Waals surface area (Å²) < 4.78 is 0. The van der Waals surface area contributed by atoms with Crippen LogP contribution in [0.3, 0.4) is 0 Å². The summed E-state index contributed by atoms with van der Waals surface area (Å²) in [5.74, 6) is 0. The van der Waals surface area contributed by atoms with Crippen LogP contribution < -0.4 is 0 Å². The van der Waals surface area contributed by atoms with Gasteiger partial charge in [0.1, 0.15) is 0 Å². The molecule has 0 fully saturated rings. The SMILES string of the molecule is CC(C)(C)c1ccc2c(c1)c(-c1cc(-c3ccccc3)cc(-c3ccccc3)c1)cc1c3cccc4c3c(cc21)-c1ncccc1-4. The predicted molar refractivity (Wildman–Crippen MR) is 196 cm³/mol. The number of rotatable bonds is 3. The highest BCUT2D eigenvalue weighted by Crippen LogP contribution is 2.50. The zero-order chi connectivity index (χ0) is 31.0. The Hall–Kier alpha value is -5.53. The summed E-state index contributed by atoms with van der Waals surface area (Å²) in [6.45, 7) is 6.91. The van der Waals surface area contributed by atoms with E-state index in [0.717, 1.165) is 5.69 Å². The van der Waals surface area contributed by atoms with E-state index in [9.17, 15) is 0 Å². The molecule has 0 aliphatic heterocycles. The van der Waals surface area contributed by atoms with Crippen molar-refractivity contribution < 1.29 is 0 Å². The first-order valence-electron chi connectivity index (χ1n) is 16.1. The summed E-state index contributed by atoms with van der Waals surface area (Å²) in [7, 11) is 0. The van der Waals surface area contributed by atoms with Crippen LogP contribution in [0.15, 0.2) is 146 Å². The Morgan fingerprint density at radius 2 is 1.02 bits per heavy atom. The molecule has 9 rings (SSSR count). The number of hydrogen-bond acceptors (Lipinski definition) is 1. The largest absolute Gasteiger partial charge is 0.256 e. The number of hydrogen-bond donors (Lipinski definition) is 0. The first kappa shape index (κ1) is 26.8. The van der Waals surface area contributed by atoms with Crippen molar-refractivity contribution in [2.45, 2.75) is 26.2 Å². The van der Waals surface area contributed by atoms with E-state index < -0.39 is 0 Å². The third-order valence-corrected chi connectivity index (χ3v) is 9.77. The molecule has 1 aromatic heterocycles. The van der Waals surface area contributed by atoms with Crippen LogP contribution in [0.2, 0.25) is 0 Å². The Morgan fingerprint density at radius 3 is 1.72 bits per heavy atom. The Morgan fingerprint density at radius 1 is 0.391 bits per heavy atom. The van der Waals surface area contributed by atoms with Gasteiger partial charge in [-0.25, -0.2) is 0 Å². The second-order valence-corrected chi connectivity index (χ2v) is 13.6. The molecule has 0 spiro atoms. The maximum atomic E-state index is 4.87. The van der Waals surface area contributed by atoms with Crippen molar-refractivity contribution in [3.63, 3.8) is 0 Å². The molecule has 7 aromatic carbocycles. The lowest BCUT2D eigenvalue weighted by Crippen LogP contribution is -2.10. The van der Waals surface area contributed by atoms with Gasteiger partial charge in [0.25, 0.3) is 0 Å². The normalized spacial score (nSPS) is 12.2. The molecule has 1 aliphatic rings. The van der Waals surface area contributed by atoms with Crippen molar-refractivity contribution in [2.24, 2.45) is 0 Å². The summed E-state index contributed by atoms with van der Waals surface area (Å²) in [4.78, 5) is 4.87. The molecule has 1 heteroatoms. The molecule has 0 N–H and O–H groups in total. The number of aromatic nitrogens is 1. The predicted octanol–water partition coefficient (Wildman–Crippen LogP) is 12.5. The Labute approximate surface area is 269 Å². The van der Waals surface area contributed by atoms with Gasteiger partial charge in [-0.3, -0.25) is 4.98 Å². The molecule has 0 atom stereocenters. The number of fused-ring (bicyclic) bond motifs is 7.